The summed E-state index contributed by atoms with van der Waals surface area (Å²) < 4.78 is 10.4. The largest absolute Gasteiger partial charge is 0.478 e. The van der Waals surface area contributed by atoms with Crippen LogP contribution in [0.3, 0.4) is 0 Å². The number of ether oxygens (including phenoxy) is 2. The van der Waals surface area contributed by atoms with Gasteiger partial charge in [0.05, 0.1) is 6.61 Å². The van der Waals surface area contributed by atoms with E-state index >= 15 is 0 Å². The minimum absolute atomic E-state index is 0.260. The van der Waals surface area contributed by atoms with Crippen molar-refractivity contribution in [3.63, 3.8) is 0 Å². The molecule has 124 valence electrons. The SMILES string of the molecule is CCOc1ccc(C#CCCNC(=O)OCc2ccccc2)cn1. The molecule has 0 spiro atoms. The van der Waals surface area contributed by atoms with E-state index in [0.717, 1.165) is 11.1 Å². The second-order valence-electron chi connectivity index (χ2n) is 4.86. The van der Waals surface area contributed by atoms with Gasteiger partial charge in [0.2, 0.25) is 5.88 Å². The molecular weight excluding hydrogens is 304 g/mol. The summed E-state index contributed by atoms with van der Waals surface area (Å²) in [4.78, 5) is 15.7. The second kappa shape index (κ2) is 9.90. The molecule has 0 aliphatic rings. The van der Waals surface area contributed by atoms with Crippen molar-refractivity contribution in [2.45, 2.75) is 20.0 Å². The molecule has 0 unspecified atom stereocenters. The minimum Gasteiger partial charge on any atom is -0.478 e. The van der Waals surface area contributed by atoms with Gasteiger partial charge in [-0.15, -0.1) is 0 Å². The Morgan fingerprint density at radius 3 is 2.75 bits per heavy atom. The third-order valence-electron chi connectivity index (χ3n) is 2.99. The number of hydrogen-bond donors (Lipinski definition) is 1. The molecule has 2 rings (SSSR count). The van der Waals surface area contributed by atoms with Crippen LogP contribution >= 0.6 is 0 Å². The number of rotatable bonds is 6. The van der Waals surface area contributed by atoms with Crippen LogP contribution in [0.4, 0.5) is 4.79 Å². The van der Waals surface area contributed by atoms with Gasteiger partial charge >= 0.3 is 6.09 Å². The highest BCUT2D eigenvalue weighted by Crippen LogP contribution is 2.06. The number of alkyl carbamates (subject to hydrolysis) is 1. The van der Waals surface area contributed by atoms with Crippen LogP contribution in [0.25, 0.3) is 0 Å². The van der Waals surface area contributed by atoms with Gasteiger partial charge in [-0.05, 0) is 18.6 Å². The Morgan fingerprint density at radius 2 is 2.04 bits per heavy atom. The Kier molecular flexibility index (Phi) is 7.16. The zero-order valence-electron chi connectivity index (χ0n) is 13.6. The molecule has 0 saturated heterocycles. The molecule has 5 heteroatoms. The van der Waals surface area contributed by atoms with Crippen LogP contribution in [-0.2, 0) is 11.3 Å². The van der Waals surface area contributed by atoms with E-state index in [9.17, 15) is 4.79 Å². The van der Waals surface area contributed by atoms with Crippen molar-refractivity contribution in [3.05, 3.63) is 59.8 Å². The van der Waals surface area contributed by atoms with Gasteiger partial charge < -0.3 is 14.8 Å². The topological polar surface area (TPSA) is 60.5 Å². The zero-order valence-corrected chi connectivity index (χ0v) is 13.6. The maximum atomic E-state index is 11.5. The van der Waals surface area contributed by atoms with E-state index in [2.05, 4.69) is 22.1 Å². The molecule has 1 N–H and O–H groups in total. The van der Waals surface area contributed by atoms with E-state index in [4.69, 9.17) is 9.47 Å². The van der Waals surface area contributed by atoms with Crippen LogP contribution in [0.15, 0.2) is 48.7 Å². The van der Waals surface area contributed by atoms with Crippen LogP contribution < -0.4 is 10.1 Å². The second-order valence-corrected chi connectivity index (χ2v) is 4.86. The van der Waals surface area contributed by atoms with E-state index in [1.165, 1.54) is 0 Å². The van der Waals surface area contributed by atoms with Crippen molar-refractivity contribution in [1.82, 2.24) is 10.3 Å². The highest BCUT2D eigenvalue weighted by Gasteiger charge is 2.00. The highest BCUT2D eigenvalue weighted by molar-refractivity contribution is 5.67. The summed E-state index contributed by atoms with van der Waals surface area (Å²) in [5.41, 5.74) is 1.76. The van der Waals surface area contributed by atoms with Crippen LogP contribution in [0, 0.1) is 11.8 Å². The van der Waals surface area contributed by atoms with Crippen molar-refractivity contribution in [1.29, 1.82) is 0 Å². The van der Waals surface area contributed by atoms with E-state index in [1.54, 1.807) is 12.3 Å². The van der Waals surface area contributed by atoms with Gasteiger partial charge in [0, 0.05) is 30.8 Å². The lowest BCUT2D eigenvalue weighted by atomic mass is 10.2. The first-order valence-corrected chi connectivity index (χ1v) is 7.80. The minimum atomic E-state index is -0.441. The Labute approximate surface area is 142 Å². The highest BCUT2D eigenvalue weighted by atomic mass is 16.5. The Bertz CT molecular complexity index is 688. The number of carbonyl (C=O) groups is 1. The Balaban J connectivity index is 1.64. The lowest BCUT2D eigenvalue weighted by Crippen LogP contribution is -2.24. The fourth-order valence-electron chi connectivity index (χ4n) is 1.85. The number of carbonyl (C=O) groups excluding carboxylic acids is 1. The lowest BCUT2D eigenvalue weighted by molar-refractivity contribution is 0.140. The zero-order chi connectivity index (χ0) is 17.0. The molecule has 2 aromatic rings. The fourth-order valence-corrected chi connectivity index (χ4v) is 1.85. The molecule has 1 aromatic carbocycles. The van der Waals surface area contributed by atoms with Crippen molar-refractivity contribution < 1.29 is 14.3 Å². The van der Waals surface area contributed by atoms with Crippen molar-refractivity contribution in [2.24, 2.45) is 0 Å². The number of nitrogens with one attached hydrogen (secondary N) is 1. The maximum Gasteiger partial charge on any atom is 0.407 e. The first kappa shape index (κ1) is 17.4. The van der Waals surface area contributed by atoms with Crippen molar-refractivity contribution in [3.8, 4) is 17.7 Å². The number of hydrogen-bond acceptors (Lipinski definition) is 4. The summed E-state index contributed by atoms with van der Waals surface area (Å²) >= 11 is 0. The number of aromatic nitrogens is 1. The van der Waals surface area contributed by atoms with Gasteiger partial charge in [-0.2, -0.15) is 0 Å². The number of amides is 1. The molecule has 0 saturated carbocycles. The molecule has 0 radical (unpaired) electrons. The van der Waals surface area contributed by atoms with Gasteiger partial charge in [-0.1, -0.05) is 42.2 Å². The molecular formula is C19H20N2O3. The Morgan fingerprint density at radius 1 is 1.21 bits per heavy atom. The first-order chi connectivity index (χ1) is 11.8. The molecule has 0 atom stereocenters. The van der Waals surface area contributed by atoms with Gasteiger partial charge in [-0.25, -0.2) is 9.78 Å². The fraction of sp³-hybridized carbons (Fsp3) is 0.263. The first-order valence-electron chi connectivity index (χ1n) is 7.80. The van der Waals surface area contributed by atoms with Crippen molar-refractivity contribution >= 4 is 6.09 Å². The molecule has 0 bridgehead atoms. The van der Waals surface area contributed by atoms with Crippen LogP contribution in [-0.4, -0.2) is 24.2 Å². The molecule has 24 heavy (non-hydrogen) atoms. The number of benzene rings is 1. The summed E-state index contributed by atoms with van der Waals surface area (Å²) in [7, 11) is 0. The Hall–Kier alpha value is -3.00. The van der Waals surface area contributed by atoms with Gasteiger partial charge in [0.1, 0.15) is 6.61 Å². The molecule has 1 heterocycles. The molecule has 5 nitrogen and oxygen atoms in total. The predicted molar refractivity (Wildman–Crippen MR) is 91.5 cm³/mol. The molecule has 0 aliphatic heterocycles. The number of nitrogens with zero attached hydrogens (tertiary/aromatic N) is 1. The number of pyridine rings is 1. The molecule has 1 aromatic heterocycles. The van der Waals surface area contributed by atoms with Gasteiger partial charge in [0.25, 0.3) is 0 Å². The third kappa shape index (κ3) is 6.41. The summed E-state index contributed by atoms with van der Waals surface area (Å²) in [5, 5.41) is 2.67. The lowest BCUT2D eigenvalue weighted by Gasteiger charge is -2.05. The summed E-state index contributed by atoms with van der Waals surface area (Å²) in [6.07, 6.45) is 1.76. The van der Waals surface area contributed by atoms with Crippen LogP contribution in [0.1, 0.15) is 24.5 Å². The predicted octanol–water partition coefficient (Wildman–Crippen LogP) is 3.15. The van der Waals surface area contributed by atoms with Gasteiger partial charge in [-0.3, -0.25) is 0 Å². The van der Waals surface area contributed by atoms with E-state index in [0.29, 0.717) is 25.5 Å². The summed E-state index contributed by atoms with van der Waals surface area (Å²) in [6, 6.07) is 13.2. The van der Waals surface area contributed by atoms with Gasteiger partial charge in [0.15, 0.2) is 0 Å². The summed E-state index contributed by atoms with van der Waals surface area (Å²) in [6.45, 7) is 3.19. The quantitative estimate of drug-likeness (QED) is 0.655. The third-order valence-corrected chi connectivity index (χ3v) is 2.99. The standard InChI is InChI=1S/C19H20N2O3/c1-2-23-18-12-11-16(14-21-18)8-6-7-13-20-19(22)24-15-17-9-4-3-5-10-17/h3-5,9-12,14H,2,7,13,15H2,1H3,(H,20,22). The summed E-state index contributed by atoms with van der Waals surface area (Å²) in [5.74, 6) is 6.56. The average molecular weight is 324 g/mol. The van der Waals surface area contributed by atoms with E-state index < -0.39 is 6.09 Å². The average Bonchev–Trinajstić information content (AvgIpc) is 2.62. The molecule has 1 amide bonds. The molecule has 0 fully saturated rings. The molecule has 0 aliphatic carbocycles. The normalized spacial score (nSPS) is 9.54. The van der Waals surface area contributed by atoms with Crippen LogP contribution in [0.2, 0.25) is 0 Å². The van der Waals surface area contributed by atoms with E-state index in [-0.39, 0.29) is 6.61 Å². The monoisotopic (exact) mass is 324 g/mol. The smallest absolute Gasteiger partial charge is 0.407 e. The van der Waals surface area contributed by atoms with E-state index in [1.807, 2.05) is 43.3 Å². The van der Waals surface area contributed by atoms with Crippen molar-refractivity contribution in [2.75, 3.05) is 13.2 Å². The maximum absolute atomic E-state index is 11.5. The van der Waals surface area contributed by atoms with Crippen LogP contribution in [0.5, 0.6) is 5.88 Å².